The number of aliphatic hydroxyl groups excluding tert-OH is 1. The Morgan fingerprint density at radius 3 is 2.32 bits per heavy atom. The molecular weight excluding hydrogens is 325 g/mol. The normalized spacial score (nSPS) is 18.8. The number of piperidine rings is 1. The van der Waals surface area contributed by atoms with E-state index in [1.165, 1.54) is 0 Å². The van der Waals surface area contributed by atoms with Gasteiger partial charge in [-0.1, -0.05) is 0 Å². The highest BCUT2D eigenvalue weighted by atomic mass is 35.5. The number of carbonyl (C=O) groups excluding carboxylic acids is 1. The van der Waals surface area contributed by atoms with Crippen LogP contribution < -0.4 is 5.73 Å². The standard InChI is InChI=1S/C15H31N3O2.2ClH/c1-12(16)4-5-15(20)17(3)11-14-6-8-18(9-7-14)10-13(2)19;;/h12-14,19H,4-11,16H2,1-3H3;2*1H. The van der Waals surface area contributed by atoms with Crippen molar-refractivity contribution in [1.82, 2.24) is 9.80 Å². The Morgan fingerprint density at radius 2 is 1.86 bits per heavy atom. The van der Waals surface area contributed by atoms with Crippen molar-refractivity contribution in [2.45, 2.75) is 51.7 Å². The number of rotatable bonds is 7. The molecule has 0 aromatic rings. The minimum absolute atomic E-state index is 0. The van der Waals surface area contributed by atoms with E-state index in [1.807, 2.05) is 25.8 Å². The predicted molar refractivity (Wildman–Crippen MR) is 95.9 cm³/mol. The van der Waals surface area contributed by atoms with Gasteiger partial charge in [0.2, 0.25) is 5.91 Å². The van der Waals surface area contributed by atoms with Crippen LogP contribution in [0.2, 0.25) is 0 Å². The second-order valence-electron chi connectivity index (χ2n) is 6.38. The summed E-state index contributed by atoms with van der Waals surface area (Å²) in [4.78, 5) is 16.1. The van der Waals surface area contributed by atoms with Gasteiger partial charge in [0.25, 0.3) is 0 Å². The third-order valence-corrected chi connectivity index (χ3v) is 4.00. The van der Waals surface area contributed by atoms with Crippen molar-refractivity contribution in [1.29, 1.82) is 0 Å². The Hall–Kier alpha value is -0.0700. The number of likely N-dealkylation sites (tertiary alicyclic amines) is 1. The van der Waals surface area contributed by atoms with Crippen LogP contribution in [0, 0.1) is 5.92 Å². The highest BCUT2D eigenvalue weighted by Gasteiger charge is 2.22. The van der Waals surface area contributed by atoms with Gasteiger partial charge in [-0.3, -0.25) is 4.79 Å². The Labute approximate surface area is 147 Å². The van der Waals surface area contributed by atoms with Crippen molar-refractivity contribution < 1.29 is 9.90 Å². The van der Waals surface area contributed by atoms with E-state index in [0.29, 0.717) is 12.3 Å². The van der Waals surface area contributed by atoms with Crippen molar-refractivity contribution in [3.8, 4) is 0 Å². The Balaban J connectivity index is 0. The first-order chi connectivity index (χ1) is 9.38. The van der Waals surface area contributed by atoms with Gasteiger partial charge >= 0.3 is 0 Å². The first kappa shape index (κ1) is 24.2. The fraction of sp³-hybridized carbons (Fsp3) is 0.933. The lowest BCUT2D eigenvalue weighted by Gasteiger charge is -2.34. The highest BCUT2D eigenvalue weighted by Crippen LogP contribution is 2.18. The van der Waals surface area contributed by atoms with E-state index in [9.17, 15) is 9.90 Å². The number of halogens is 2. The van der Waals surface area contributed by atoms with E-state index < -0.39 is 0 Å². The number of nitrogens with zero attached hydrogens (tertiary/aromatic N) is 2. The van der Waals surface area contributed by atoms with Gasteiger partial charge in [-0.05, 0) is 52.1 Å². The van der Waals surface area contributed by atoms with Crippen LogP contribution in [0.3, 0.4) is 0 Å². The number of hydrogen-bond donors (Lipinski definition) is 2. The van der Waals surface area contributed by atoms with Gasteiger partial charge in [-0.25, -0.2) is 0 Å². The van der Waals surface area contributed by atoms with Crippen LogP contribution in [0.1, 0.15) is 39.5 Å². The van der Waals surface area contributed by atoms with Gasteiger partial charge in [-0.2, -0.15) is 0 Å². The average Bonchev–Trinajstić information content (AvgIpc) is 2.37. The predicted octanol–water partition coefficient (Wildman–Crippen LogP) is 1.51. The molecule has 1 amide bonds. The zero-order valence-electron chi connectivity index (χ0n) is 14.0. The van der Waals surface area contributed by atoms with Gasteiger partial charge in [0, 0.05) is 32.6 Å². The van der Waals surface area contributed by atoms with Crippen LogP contribution in [-0.4, -0.2) is 66.2 Å². The maximum absolute atomic E-state index is 12.0. The summed E-state index contributed by atoms with van der Waals surface area (Å²) in [6.07, 6.45) is 3.27. The fourth-order valence-corrected chi connectivity index (χ4v) is 2.76. The second kappa shape index (κ2) is 12.4. The smallest absolute Gasteiger partial charge is 0.222 e. The average molecular weight is 358 g/mol. The van der Waals surface area contributed by atoms with Gasteiger partial charge in [0.15, 0.2) is 0 Å². The molecule has 22 heavy (non-hydrogen) atoms. The Bertz CT molecular complexity index is 297. The van der Waals surface area contributed by atoms with E-state index in [4.69, 9.17) is 5.73 Å². The summed E-state index contributed by atoms with van der Waals surface area (Å²) < 4.78 is 0. The van der Waals surface area contributed by atoms with E-state index in [1.54, 1.807) is 0 Å². The van der Waals surface area contributed by atoms with Gasteiger partial charge < -0.3 is 20.6 Å². The molecule has 7 heteroatoms. The van der Waals surface area contributed by atoms with Crippen LogP contribution in [0.15, 0.2) is 0 Å². The second-order valence-corrected chi connectivity index (χ2v) is 6.38. The molecule has 0 spiro atoms. The van der Waals surface area contributed by atoms with Crippen molar-refractivity contribution in [3.05, 3.63) is 0 Å². The number of aliphatic hydroxyl groups is 1. The number of hydrogen-bond acceptors (Lipinski definition) is 4. The van der Waals surface area contributed by atoms with E-state index >= 15 is 0 Å². The number of nitrogens with two attached hydrogens (primary N) is 1. The summed E-state index contributed by atoms with van der Waals surface area (Å²) in [5, 5.41) is 9.39. The zero-order valence-corrected chi connectivity index (χ0v) is 15.7. The van der Waals surface area contributed by atoms with Crippen molar-refractivity contribution in [2.24, 2.45) is 11.7 Å². The lowest BCUT2D eigenvalue weighted by atomic mass is 9.96. The molecule has 0 aliphatic carbocycles. The summed E-state index contributed by atoms with van der Waals surface area (Å²) in [6, 6.07) is 0.0936. The van der Waals surface area contributed by atoms with Crippen LogP contribution in [-0.2, 0) is 4.79 Å². The number of β-amino-alcohol motifs (C(OH)–C–C–N with tert-alkyl or cyclic N) is 1. The molecule has 2 unspecified atom stereocenters. The SMILES string of the molecule is CC(N)CCC(=O)N(C)CC1CCN(CC(C)O)CC1.Cl.Cl. The fourth-order valence-electron chi connectivity index (χ4n) is 2.76. The van der Waals surface area contributed by atoms with Crippen molar-refractivity contribution in [3.63, 3.8) is 0 Å². The molecule has 0 aromatic carbocycles. The number of carbonyl (C=O) groups is 1. The first-order valence-corrected chi connectivity index (χ1v) is 7.78. The van der Waals surface area contributed by atoms with Gasteiger partial charge in [0.1, 0.15) is 0 Å². The Kier molecular flexibility index (Phi) is 13.6. The molecule has 0 saturated carbocycles. The largest absolute Gasteiger partial charge is 0.392 e. The molecule has 1 aliphatic heterocycles. The quantitative estimate of drug-likeness (QED) is 0.724. The molecule has 134 valence electrons. The molecule has 0 bridgehead atoms. The van der Waals surface area contributed by atoms with E-state index in [-0.39, 0.29) is 42.9 Å². The molecule has 5 nitrogen and oxygen atoms in total. The number of amides is 1. The topological polar surface area (TPSA) is 69.8 Å². The van der Waals surface area contributed by atoms with Gasteiger partial charge in [0.05, 0.1) is 6.10 Å². The minimum atomic E-state index is -0.256. The molecule has 1 rings (SSSR count). The highest BCUT2D eigenvalue weighted by molar-refractivity contribution is 5.85. The minimum Gasteiger partial charge on any atom is -0.392 e. The molecule has 2 atom stereocenters. The van der Waals surface area contributed by atoms with Crippen LogP contribution in [0.4, 0.5) is 0 Å². The zero-order chi connectivity index (χ0) is 15.1. The lowest BCUT2D eigenvalue weighted by Crippen LogP contribution is -2.41. The monoisotopic (exact) mass is 357 g/mol. The van der Waals surface area contributed by atoms with Gasteiger partial charge in [-0.15, -0.1) is 24.8 Å². The summed E-state index contributed by atoms with van der Waals surface area (Å²) in [5.74, 6) is 0.790. The molecule has 1 saturated heterocycles. The summed E-state index contributed by atoms with van der Waals surface area (Å²) in [5.41, 5.74) is 5.68. The molecule has 0 aromatic heterocycles. The van der Waals surface area contributed by atoms with E-state index in [2.05, 4.69) is 4.90 Å². The molecule has 1 fully saturated rings. The van der Waals surface area contributed by atoms with Crippen LogP contribution >= 0.6 is 24.8 Å². The summed E-state index contributed by atoms with van der Waals surface area (Å²) in [6.45, 7) is 7.42. The third kappa shape index (κ3) is 9.85. The van der Waals surface area contributed by atoms with Crippen LogP contribution in [0.25, 0.3) is 0 Å². The molecule has 1 aliphatic rings. The Morgan fingerprint density at radius 1 is 1.32 bits per heavy atom. The van der Waals surface area contributed by atoms with Crippen molar-refractivity contribution >= 4 is 30.7 Å². The molecule has 3 N–H and O–H groups in total. The summed E-state index contributed by atoms with van der Waals surface area (Å²) in [7, 11) is 1.89. The lowest BCUT2D eigenvalue weighted by molar-refractivity contribution is -0.130. The third-order valence-electron chi connectivity index (χ3n) is 4.00. The maximum Gasteiger partial charge on any atom is 0.222 e. The molecular formula is C15H33Cl2N3O2. The van der Waals surface area contributed by atoms with Crippen LogP contribution in [0.5, 0.6) is 0 Å². The molecule has 0 radical (unpaired) electrons. The van der Waals surface area contributed by atoms with Crippen molar-refractivity contribution in [2.75, 3.05) is 33.2 Å². The molecule has 1 heterocycles. The first-order valence-electron chi connectivity index (χ1n) is 7.78. The maximum atomic E-state index is 12.0. The van der Waals surface area contributed by atoms with E-state index in [0.717, 1.165) is 45.4 Å². The summed E-state index contributed by atoms with van der Waals surface area (Å²) >= 11 is 0.